The van der Waals surface area contributed by atoms with E-state index < -0.39 is 6.23 Å². The van der Waals surface area contributed by atoms with Crippen molar-refractivity contribution in [3.8, 4) is 0 Å². The van der Waals surface area contributed by atoms with Crippen LogP contribution in [0.1, 0.15) is 45.7 Å². The molecule has 0 radical (unpaired) electrons. The van der Waals surface area contributed by atoms with Crippen LogP contribution in [0, 0.1) is 0 Å². The lowest BCUT2D eigenvalue weighted by atomic mass is 9.82. The maximum absolute atomic E-state index is 12.9. The summed E-state index contributed by atoms with van der Waals surface area (Å²) in [4.78, 5) is 25.8. The number of benzene rings is 2. The third kappa shape index (κ3) is 2.49. The molecule has 118 valence electrons. The SMILES string of the molecule is CCNc1ccc(NC(C)O)c2c1C(=O)c1ccccc1C2=O. The van der Waals surface area contributed by atoms with Gasteiger partial charge in [-0.15, -0.1) is 0 Å². The van der Waals surface area contributed by atoms with Gasteiger partial charge in [-0.1, -0.05) is 24.3 Å². The topological polar surface area (TPSA) is 78.4 Å². The highest BCUT2D eigenvalue weighted by atomic mass is 16.3. The van der Waals surface area contributed by atoms with E-state index in [0.29, 0.717) is 40.2 Å². The first-order chi connectivity index (χ1) is 11.0. The second-order valence-electron chi connectivity index (χ2n) is 5.47. The zero-order chi connectivity index (χ0) is 16.6. The summed E-state index contributed by atoms with van der Waals surface area (Å²) in [5.74, 6) is -0.390. The molecule has 0 fully saturated rings. The highest BCUT2D eigenvalue weighted by molar-refractivity contribution is 6.31. The summed E-state index contributed by atoms with van der Waals surface area (Å²) in [5.41, 5.74) is 2.58. The fraction of sp³-hybridized carbons (Fsp3) is 0.222. The maximum atomic E-state index is 12.9. The van der Waals surface area contributed by atoms with Crippen molar-refractivity contribution in [2.24, 2.45) is 0 Å². The molecule has 5 heteroatoms. The summed E-state index contributed by atoms with van der Waals surface area (Å²) in [6.45, 7) is 4.13. The Morgan fingerprint density at radius 3 is 2.00 bits per heavy atom. The number of carbonyl (C=O) groups excluding carboxylic acids is 2. The molecular weight excluding hydrogens is 292 g/mol. The third-order valence-corrected chi connectivity index (χ3v) is 3.81. The summed E-state index contributed by atoms with van der Waals surface area (Å²) in [5, 5.41) is 15.6. The number of fused-ring (bicyclic) bond motifs is 2. The lowest BCUT2D eigenvalue weighted by Crippen LogP contribution is -2.25. The normalized spacial score (nSPS) is 14.0. The number of carbonyl (C=O) groups is 2. The minimum absolute atomic E-state index is 0.180. The molecule has 3 N–H and O–H groups in total. The number of ketones is 2. The van der Waals surface area contributed by atoms with Crippen LogP contribution in [0.4, 0.5) is 11.4 Å². The molecule has 5 nitrogen and oxygen atoms in total. The lowest BCUT2D eigenvalue weighted by Gasteiger charge is -2.24. The predicted molar refractivity (Wildman–Crippen MR) is 89.2 cm³/mol. The molecule has 0 amide bonds. The molecule has 1 atom stereocenters. The van der Waals surface area contributed by atoms with Crippen LogP contribution >= 0.6 is 0 Å². The van der Waals surface area contributed by atoms with Crippen LogP contribution in [0.15, 0.2) is 36.4 Å². The number of nitrogens with one attached hydrogen (secondary N) is 2. The van der Waals surface area contributed by atoms with Gasteiger partial charge in [0.2, 0.25) is 0 Å². The van der Waals surface area contributed by atoms with Crippen molar-refractivity contribution in [1.29, 1.82) is 0 Å². The molecule has 1 aliphatic rings. The Morgan fingerprint density at radius 2 is 1.48 bits per heavy atom. The minimum atomic E-state index is -0.829. The Labute approximate surface area is 134 Å². The fourth-order valence-corrected chi connectivity index (χ4v) is 2.91. The van der Waals surface area contributed by atoms with Crippen molar-refractivity contribution in [3.05, 3.63) is 58.7 Å². The van der Waals surface area contributed by atoms with E-state index >= 15 is 0 Å². The maximum Gasteiger partial charge on any atom is 0.196 e. The van der Waals surface area contributed by atoms with Gasteiger partial charge in [-0.3, -0.25) is 9.59 Å². The highest BCUT2D eigenvalue weighted by Crippen LogP contribution is 2.36. The van der Waals surface area contributed by atoms with Crippen molar-refractivity contribution in [2.45, 2.75) is 20.1 Å². The first-order valence-corrected chi connectivity index (χ1v) is 7.58. The third-order valence-electron chi connectivity index (χ3n) is 3.81. The standard InChI is InChI=1S/C18H18N2O3/c1-3-19-13-8-9-14(20-10(2)21)16-15(13)17(22)11-6-4-5-7-12(11)18(16)23/h4-10,19-21H,3H2,1-2H3. The number of hydrogen-bond acceptors (Lipinski definition) is 5. The average Bonchev–Trinajstić information content (AvgIpc) is 2.53. The molecule has 0 heterocycles. The zero-order valence-electron chi connectivity index (χ0n) is 13.0. The highest BCUT2D eigenvalue weighted by Gasteiger charge is 2.33. The Morgan fingerprint density at radius 1 is 0.957 bits per heavy atom. The zero-order valence-corrected chi connectivity index (χ0v) is 13.0. The van der Waals surface area contributed by atoms with Gasteiger partial charge in [0.05, 0.1) is 11.1 Å². The van der Waals surface area contributed by atoms with E-state index in [1.54, 1.807) is 43.3 Å². The summed E-state index contributed by atoms with van der Waals surface area (Å²) in [6.07, 6.45) is -0.829. The average molecular weight is 310 g/mol. The van der Waals surface area contributed by atoms with E-state index in [1.807, 2.05) is 6.92 Å². The van der Waals surface area contributed by atoms with Crippen molar-refractivity contribution in [1.82, 2.24) is 0 Å². The van der Waals surface area contributed by atoms with Crippen molar-refractivity contribution < 1.29 is 14.7 Å². The molecule has 0 aromatic heterocycles. The summed E-state index contributed by atoms with van der Waals surface area (Å²) >= 11 is 0. The Bertz CT molecular complexity index is 797. The van der Waals surface area contributed by atoms with Crippen LogP contribution in [-0.2, 0) is 0 Å². The molecule has 3 rings (SSSR count). The first-order valence-electron chi connectivity index (χ1n) is 7.58. The largest absolute Gasteiger partial charge is 0.385 e. The summed E-state index contributed by atoms with van der Waals surface area (Å²) in [6, 6.07) is 10.3. The second-order valence-corrected chi connectivity index (χ2v) is 5.47. The van der Waals surface area contributed by atoms with Crippen LogP contribution in [0.5, 0.6) is 0 Å². The molecule has 1 unspecified atom stereocenters. The van der Waals surface area contributed by atoms with Gasteiger partial charge in [-0.05, 0) is 26.0 Å². The van der Waals surface area contributed by atoms with E-state index in [4.69, 9.17) is 0 Å². The predicted octanol–water partition coefficient (Wildman–Crippen LogP) is 2.64. The molecule has 0 spiro atoms. The van der Waals surface area contributed by atoms with Gasteiger partial charge in [0.1, 0.15) is 6.23 Å². The fourth-order valence-electron chi connectivity index (χ4n) is 2.91. The summed E-state index contributed by atoms with van der Waals surface area (Å²) < 4.78 is 0. The van der Waals surface area contributed by atoms with Gasteiger partial charge < -0.3 is 15.7 Å². The minimum Gasteiger partial charge on any atom is -0.385 e. The number of anilines is 2. The monoisotopic (exact) mass is 310 g/mol. The summed E-state index contributed by atoms with van der Waals surface area (Å²) in [7, 11) is 0. The van der Waals surface area contributed by atoms with Gasteiger partial charge in [-0.25, -0.2) is 0 Å². The Balaban J connectivity index is 2.27. The van der Waals surface area contributed by atoms with E-state index in [9.17, 15) is 14.7 Å². The Kier molecular flexibility index (Phi) is 3.88. The van der Waals surface area contributed by atoms with Gasteiger partial charge in [0.15, 0.2) is 11.6 Å². The lowest BCUT2D eigenvalue weighted by molar-refractivity contribution is 0.0980. The van der Waals surface area contributed by atoms with E-state index in [2.05, 4.69) is 10.6 Å². The van der Waals surface area contributed by atoms with Crippen LogP contribution in [0.3, 0.4) is 0 Å². The van der Waals surface area contributed by atoms with Gasteiger partial charge in [0, 0.05) is 29.0 Å². The van der Waals surface area contributed by atoms with E-state index in [1.165, 1.54) is 0 Å². The smallest absolute Gasteiger partial charge is 0.196 e. The van der Waals surface area contributed by atoms with Crippen LogP contribution in [-0.4, -0.2) is 29.4 Å². The second kappa shape index (κ2) is 5.85. The van der Waals surface area contributed by atoms with E-state index in [0.717, 1.165) is 0 Å². The van der Waals surface area contributed by atoms with Crippen molar-refractivity contribution in [3.63, 3.8) is 0 Å². The number of aliphatic hydroxyl groups excluding tert-OH is 1. The van der Waals surface area contributed by atoms with Gasteiger partial charge in [0.25, 0.3) is 0 Å². The molecule has 0 aliphatic heterocycles. The molecule has 1 aliphatic carbocycles. The molecule has 0 saturated heterocycles. The van der Waals surface area contributed by atoms with Crippen LogP contribution in [0.2, 0.25) is 0 Å². The number of hydrogen-bond donors (Lipinski definition) is 3. The van der Waals surface area contributed by atoms with Crippen LogP contribution in [0.25, 0.3) is 0 Å². The molecular formula is C18H18N2O3. The molecule has 23 heavy (non-hydrogen) atoms. The number of aliphatic hydroxyl groups is 1. The van der Waals surface area contributed by atoms with Gasteiger partial charge >= 0.3 is 0 Å². The van der Waals surface area contributed by atoms with Crippen molar-refractivity contribution >= 4 is 22.9 Å². The molecule has 0 saturated carbocycles. The quantitative estimate of drug-likeness (QED) is 0.646. The van der Waals surface area contributed by atoms with E-state index in [-0.39, 0.29) is 11.6 Å². The molecule has 0 bridgehead atoms. The number of rotatable bonds is 4. The Hall–Kier alpha value is -2.66. The van der Waals surface area contributed by atoms with Crippen molar-refractivity contribution in [2.75, 3.05) is 17.2 Å². The van der Waals surface area contributed by atoms with Crippen LogP contribution < -0.4 is 10.6 Å². The van der Waals surface area contributed by atoms with Gasteiger partial charge in [-0.2, -0.15) is 0 Å². The first kappa shape index (κ1) is 15.2. The molecule has 2 aromatic carbocycles. The molecule has 2 aromatic rings.